The third kappa shape index (κ3) is 4.76. The number of hydrogen-bond acceptors (Lipinski definition) is 3. The summed E-state index contributed by atoms with van der Waals surface area (Å²) in [6.07, 6.45) is 1.99. The molecule has 0 aromatic rings. The van der Waals surface area contributed by atoms with Crippen molar-refractivity contribution in [3.8, 4) is 0 Å². The molecule has 0 spiro atoms. The molecule has 1 rings (SSSR count). The molecule has 1 aliphatic carbocycles. The molecule has 1 fully saturated rings. The summed E-state index contributed by atoms with van der Waals surface area (Å²) >= 11 is 0. The van der Waals surface area contributed by atoms with Crippen molar-refractivity contribution in [2.24, 2.45) is 17.8 Å². The van der Waals surface area contributed by atoms with Gasteiger partial charge >= 0.3 is 0 Å². The van der Waals surface area contributed by atoms with Gasteiger partial charge in [0.1, 0.15) is 5.78 Å². The van der Waals surface area contributed by atoms with Crippen LogP contribution in [-0.4, -0.2) is 56.4 Å². The van der Waals surface area contributed by atoms with Crippen LogP contribution in [0.2, 0.25) is 0 Å². The molecule has 1 saturated carbocycles. The normalized spacial score (nSPS) is 30.3. The number of rotatable bonds is 5. The van der Waals surface area contributed by atoms with E-state index in [1.54, 1.807) is 0 Å². The summed E-state index contributed by atoms with van der Waals surface area (Å²) in [5.74, 6) is 1.88. The maximum absolute atomic E-state index is 12.1. The van der Waals surface area contributed by atoms with E-state index in [1.807, 2.05) is 0 Å². The topological polar surface area (TPSA) is 23.6 Å². The van der Waals surface area contributed by atoms with E-state index >= 15 is 0 Å². The lowest BCUT2D eigenvalue weighted by molar-refractivity contribution is -0.128. The Morgan fingerprint density at radius 2 is 1.82 bits per heavy atom. The predicted octanol–water partition coefficient (Wildman–Crippen LogP) is 1.73. The van der Waals surface area contributed by atoms with Crippen molar-refractivity contribution >= 4 is 5.78 Å². The number of carbonyl (C=O) groups is 1. The van der Waals surface area contributed by atoms with Gasteiger partial charge in [0, 0.05) is 32.0 Å². The Kier molecular flexibility index (Phi) is 5.60. The molecule has 0 heterocycles. The van der Waals surface area contributed by atoms with Gasteiger partial charge in [-0.25, -0.2) is 0 Å². The van der Waals surface area contributed by atoms with Gasteiger partial charge < -0.3 is 9.80 Å². The van der Waals surface area contributed by atoms with Crippen molar-refractivity contribution in [1.29, 1.82) is 0 Å². The van der Waals surface area contributed by atoms with Gasteiger partial charge in [-0.15, -0.1) is 0 Å². The fourth-order valence-electron chi connectivity index (χ4n) is 2.77. The van der Waals surface area contributed by atoms with Gasteiger partial charge in [-0.05, 0) is 39.4 Å². The largest absolute Gasteiger partial charge is 0.308 e. The summed E-state index contributed by atoms with van der Waals surface area (Å²) in [4.78, 5) is 16.5. The average Bonchev–Trinajstić information content (AvgIpc) is 2.20. The van der Waals surface area contributed by atoms with Gasteiger partial charge in [0.15, 0.2) is 0 Å². The standard InChI is InChI=1S/C14H28N2O/c1-11-8-12(2)13(14(17)9-11)10-16(5)7-6-15(3)4/h11-13H,6-10H2,1-5H3. The monoisotopic (exact) mass is 240 g/mol. The molecule has 0 aliphatic heterocycles. The Morgan fingerprint density at radius 1 is 1.18 bits per heavy atom. The zero-order valence-electron chi connectivity index (χ0n) is 12.1. The minimum atomic E-state index is 0.262. The summed E-state index contributed by atoms with van der Waals surface area (Å²) < 4.78 is 0. The van der Waals surface area contributed by atoms with Gasteiger partial charge in [0.25, 0.3) is 0 Å². The predicted molar refractivity (Wildman–Crippen MR) is 72.1 cm³/mol. The fourth-order valence-corrected chi connectivity index (χ4v) is 2.77. The third-order valence-corrected chi connectivity index (χ3v) is 3.86. The SMILES string of the molecule is CC1CC(=O)C(CN(C)CCN(C)C)C(C)C1. The molecule has 17 heavy (non-hydrogen) atoms. The van der Waals surface area contributed by atoms with Crippen LogP contribution in [0.25, 0.3) is 0 Å². The summed E-state index contributed by atoms with van der Waals surface area (Å²) in [6, 6.07) is 0. The van der Waals surface area contributed by atoms with E-state index in [1.165, 1.54) is 6.42 Å². The molecule has 0 amide bonds. The van der Waals surface area contributed by atoms with Crippen LogP contribution in [0.3, 0.4) is 0 Å². The summed E-state index contributed by atoms with van der Waals surface area (Å²) in [7, 11) is 6.30. The maximum atomic E-state index is 12.1. The Hall–Kier alpha value is -0.410. The lowest BCUT2D eigenvalue weighted by Gasteiger charge is -2.34. The first-order valence-corrected chi connectivity index (χ1v) is 6.76. The molecular weight excluding hydrogens is 212 g/mol. The Bertz CT molecular complexity index is 253. The van der Waals surface area contributed by atoms with E-state index in [0.29, 0.717) is 17.6 Å². The van der Waals surface area contributed by atoms with Gasteiger partial charge in [-0.3, -0.25) is 4.79 Å². The molecule has 0 bridgehead atoms. The van der Waals surface area contributed by atoms with E-state index in [0.717, 1.165) is 26.1 Å². The molecule has 0 aromatic heterocycles. The molecule has 1 aliphatic rings. The Balaban J connectivity index is 2.41. The number of Topliss-reactive ketones (excluding diaryl/α,β-unsaturated/α-hetero) is 1. The molecule has 100 valence electrons. The highest BCUT2D eigenvalue weighted by Gasteiger charge is 2.32. The quantitative estimate of drug-likeness (QED) is 0.731. The minimum Gasteiger partial charge on any atom is -0.308 e. The first kappa shape index (κ1) is 14.7. The molecule has 0 aromatic carbocycles. The first-order valence-electron chi connectivity index (χ1n) is 6.76. The minimum absolute atomic E-state index is 0.262. The average molecular weight is 240 g/mol. The lowest BCUT2D eigenvalue weighted by Crippen LogP contribution is -2.40. The van der Waals surface area contributed by atoms with E-state index in [9.17, 15) is 4.79 Å². The van der Waals surface area contributed by atoms with Crippen molar-refractivity contribution < 1.29 is 4.79 Å². The van der Waals surface area contributed by atoms with Crippen LogP contribution in [0.1, 0.15) is 26.7 Å². The zero-order valence-corrected chi connectivity index (χ0v) is 12.1. The van der Waals surface area contributed by atoms with Crippen LogP contribution in [0.4, 0.5) is 0 Å². The van der Waals surface area contributed by atoms with Gasteiger partial charge in [-0.2, -0.15) is 0 Å². The van der Waals surface area contributed by atoms with Crippen LogP contribution in [0.15, 0.2) is 0 Å². The summed E-state index contributed by atoms with van der Waals surface area (Å²) in [6.45, 7) is 7.46. The molecule has 3 atom stereocenters. The van der Waals surface area contributed by atoms with E-state index in [2.05, 4.69) is 44.8 Å². The van der Waals surface area contributed by atoms with Crippen molar-refractivity contribution in [1.82, 2.24) is 9.80 Å². The summed E-state index contributed by atoms with van der Waals surface area (Å²) in [5, 5.41) is 0. The first-order chi connectivity index (χ1) is 7.90. The highest BCUT2D eigenvalue weighted by Crippen LogP contribution is 2.31. The van der Waals surface area contributed by atoms with Crippen molar-refractivity contribution in [3.05, 3.63) is 0 Å². The van der Waals surface area contributed by atoms with Crippen molar-refractivity contribution in [3.63, 3.8) is 0 Å². The second-order valence-corrected chi connectivity index (χ2v) is 6.16. The molecule has 3 heteroatoms. The highest BCUT2D eigenvalue weighted by atomic mass is 16.1. The third-order valence-electron chi connectivity index (χ3n) is 3.86. The lowest BCUT2D eigenvalue weighted by atomic mass is 9.74. The molecular formula is C14H28N2O. The van der Waals surface area contributed by atoms with Crippen LogP contribution in [0, 0.1) is 17.8 Å². The van der Waals surface area contributed by atoms with Crippen molar-refractivity contribution in [2.75, 3.05) is 40.8 Å². The smallest absolute Gasteiger partial charge is 0.137 e. The highest BCUT2D eigenvalue weighted by molar-refractivity contribution is 5.82. The summed E-state index contributed by atoms with van der Waals surface area (Å²) in [5.41, 5.74) is 0. The maximum Gasteiger partial charge on any atom is 0.137 e. The second-order valence-electron chi connectivity index (χ2n) is 6.16. The van der Waals surface area contributed by atoms with Crippen LogP contribution in [-0.2, 0) is 4.79 Å². The molecule has 0 saturated heterocycles. The van der Waals surface area contributed by atoms with Crippen molar-refractivity contribution in [2.45, 2.75) is 26.7 Å². The Labute approximate surface area is 106 Å². The zero-order chi connectivity index (χ0) is 13.0. The van der Waals surface area contributed by atoms with Gasteiger partial charge in [-0.1, -0.05) is 13.8 Å². The molecule has 3 nitrogen and oxygen atoms in total. The number of carbonyl (C=O) groups excluding carboxylic acids is 1. The van der Waals surface area contributed by atoms with E-state index in [4.69, 9.17) is 0 Å². The van der Waals surface area contributed by atoms with Gasteiger partial charge in [0.05, 0.1) is 0 Å². The molecule has 0 radical (unpaired) electrons. The number of likely N-dealkylation sites (N-methyl/N-ethyl adjacent to an activating group) is 2. The number of nitrogens with zero attached hydrogens (tertiary/aromatic N) is 2. The van der Waals surface area contributed by atoms with Crippen LogP contribution in [0.5, 0.6) is 0 Å². The van der Waals surface area contributed by atoms with E-state index in [-0.39, 0.29) is 5.92 Å². The molecule has 0 N–H and O–H groups in total. The Morgan fingerprint density at radius 3 is 2.35 bits per heavy atom. The number of hydrogen-bond donors (Lipinski definition) is 0. The number of ketones is 1. The van der Waals surface area contributed by atoms with Crippen LogP contribution >= 0.6 is 0 Å². The fraction of sp³-hybridized carbons (Fsp3) is 0.929. The van der Waals surface area contributed by atoms with Gasteiger partial charge in [0.2, 0.25) is 0 Å². The van der Waals surface area contributed by atoms with Crippen LogP contribution < -0.4 is 0 Å². The van der Waals surface area contributed by atoms with E-state index < -0.39 is 0 Å². The molecule has 3 unspecified atom stereocenters. The second kappa shape index (κ2) is 6.50.